The molecule has 0 radical (unpaired) electrons. The van der Waals surface area contributed by atoms with Gasteiger partial charge in [-0.25, -0.2) is 0 Å². The van der Waals surface area contributed by atoms with Crippen LogP contribution in [0.3, 0.4) is 0 Å². The molecule has 0 aliphatic heterocycles. The van der Waals surface area contributed by atoms with Gasteiger partial charge in [0.2, 0.25) is 0 Å². The average molecular weight is 358 g/mol. The first kappa shape index (κ1) is 22.0. The fourth-order valence-electron chi connectivity index (χ4n) is 0.151. The second-order valence-corrected chi connectivity index (χ2v) is 2.96. The summed E-state index contributed by atoms with van der Waals surface area (Å²) in [6.07, 6.45) is 0. The van der Waals surface area contributed by atoms with Crippen LogP contribution in [-0.2, 0) is 21.7 Å². The molecule has 0 saturated heterocycles. The van der Waals surface area contributed by atoms with Crippen molar-refractivity contribution in [3.8, 4) is 0 Å². The first-order valence-electron chi connectivity index (χ1n) is 2.88. The monoisotopic (exact) mass is 356 g/mol. The van der Waals surface area contributed by atoms with Crippen LogP contribution >= 0.6 is 46.4 Å². The number of nitrogens with zero attached hydrogens (tertiary/aromatic N) is 4. The van der Waals surface area contributed by atoms with E-state index in [1.165, 1.54) is 0 Å². The maximum absolute atomic E-state index is 9.38. The Hall–Kier alpha value is -0.246. The molecule has 0 aromatic rings. The minimum atomic E-state index is -0.623. The van der Waals surface area contributed by atoms with Crippen molar-refractivity contribution in [1.82, 2.24) is 0 Å². The molecule has 13 heteroatoms. The molecule has 0 heterocycles. The summed E-state index contributed by atoms with van der Waals surface area (Å²) in [5.41, 5.74) is 0. The van der Waals surface area contributed by atoms with E-state index in [0.29, 0.717) is 0 Å². The van der Waals surface area contributed by atoms with Gasteiger partial charge in [-0.2, -0.15) is 0 Å². The van der Waals surface area contributed by atoms with Crippen molar-refractivity contribution in [3.05, 3.63) is 20.8 Å². The molecule has 0 aliphatic rings. The van der Waals surface area contributed by atoms with Crippen LogP contribution in [0.1, 0.15) is 0 Å². The molecule has 8 nitrogen and oxygen atoms in total. The smallest absolute Gasteiger partial charge is 0.156 e. The topological polar surface area (TPSA) is 142 Å². The van der Waals surface area contributed by atoms with Gasteiger partial charge in [-0.05, 0) is 0 Å². The number of hydrogen-bond acceptors (Lipinski definition) is 8. The van der Waals surface area contributed by atoms with Crippen LogP contribution < -0.4 is 0 Å². The SMILES string of the molecule is [O-]N=C(Cl)C(Cl)=N[O-].[O-]N=C(Cl)C(Cl)=N[O-].[Ti]. The summed E-state index contributed by atoms with van der Waals surface area (Å²) in [7, 11) is 0. The Morgan fingerprint density at radius 1 is 0.529 bits per heavy atom. The van der Waals surface area contributed by atoms with Crippen molar-refractivity contribution in [3.63, 3.8) is 0 Å². The molecule has 0 saturated carbocycles. The van der Waals surface area contributed by atoms with Crippen molar-refractivity contribution in [2.24, 2.45) is 20.6 Å². The van der Waals surface area contributed by atoms with E-state index in [1.54, 1.807) is 0 Å². The van der Waals surface area contributed by atoms with E-state index < -0.39 is 20.7 Å². The summed E-state index contributed by atoms with van der Waals surface area (Å²) < 4.78 is 0. The fraction of sp³-hybridized carbons (Fsp3) is 0. The molecule has 0 aromatic carbocycles. The van der Waals surface area contributed by atoms with Gasteiger partial charge in [0.25, 0.3) is 0 Å². The zero-order valence-corrected chi connectivity index (χ0v) is 12.0. The number of rotatable bonds is 2. The summed E-state index contributed by atoms with van der Waals surface area (Å²) in [6, 6.07) is 0. The van der Waals surface area contributed by atoms with Crippen LogP contribution in [-0.4, -0.2) is 20.7 Å². The molecule has 0 rings (SSSR count). The molecule has 0 aromatic heterocycles. The Balaban J connectivity index is -0.000000218. The minimum Gasteiger partial charge on any atom is -0.791 e. The van der Waals surface area contributed by atoms with Gasteiger partial charge >= 0.3 is 0 Å². The molecule has 96 valence electrons. The molecule has 0 spiro atoms. The molecule has 0 unspecified atom stereocenters. The molecule has 0 amide bonds. The van der Waals surface area contributed by atoms with Gasteiger partial charge in [0.15, 0.2) is 20.7 Å². The molecule has 0 aliphatic carbocycles. The van der Waals surface area contributed by atoms with Crippen LogP contribution in [0.2, 0.25) is 0 Å². The van der Waals surface area contributed by atoms with E-state index in [9.17, 15) is 20.8 Å². The van der Waals surface area contributed by atoms with Gasteiger partial charge in [0.05, 0.1) is 0 Å². The van der Waals surface area contributed by atoms with Gasteiger partial charge in [0.1, 0.15) is 0 Å². The Morgan fingerprint density at radius 3 is 0.706 bits per heavy atom. The second kappa shape index (κ2) is 13.8. The first-order chi connectivity index (χ1) is 7.44. The van der Waals surface area contributed by atoms with E-state index in [0.717, 1.165) is 0 Å². The Kier molecular flexibility index (Phi) is 17.9. The third-order valence-electron chi connectivity index (χ3n) is 0.661. The van der Waals surface area contributed by atoms with Crippen LogP contribution in [0.25, 0.3) is 0 Å². The van der Waals surface area contributed by atoms with Crippen molar-refractivity contribution in [2.75, 3.05) is 0 Å². The van der Waals surface area contributed by atoms with Crippen molar-refractivity contribution in [1.29, 1.82) is 0 Å². The van der Waals surface area contributed by atoms with E-state index in [4.69, 9.17) is 46.4 Å². The first-order valence-corrected chi connectivity index (χ1v) is 4.39. The standard InChI is InChI=1S/2C2H2Cl2N2O2.Ti/c2*3-1(5-7)2(4)6-8;/h2*7-8H;/p-4. The molecular weight excluding hydrogens is 358 g/mol. The maximum Gasteiger partial charge on any atom is 0.156 e. The Bertz CT molecular complexity index is 269. The molecule has 17 heavy (non-hydrogen) atoms. The fourth-order valence-corrected chi connectivity index (χ4v) is 0.289. The zero-order chi connectivity index (χ0) is 13.1. The largest absolute Gasteiger partial charge is 0.791 e. The molecule has 0 atom stereocenters. The number of hydrogen-bond donors (Lipinski definition) is 0. The van der Waals surface area contributed by atoms with Gasteiger partial charge in [-0.15, -0.1) is 0 Å². The van der Waals surface area contributed by atoms with Gasteiger partial charge < -0.3 is 41.5 Å². The average Bonchev–Trinajstić information content (AvgIpc) is 2.35. The maximum atomic E-state index is 9.38. The van der Waals surface area contributed by atoms with Crippen LogP contribution in [0.15, 0.2) is 20.6 Å². The predicted octanol–water partition coefficient (Wildman–Crippen LogP) is 2.51. The van der Waals surface area contributed by atoms with Crippen molar-refractivity contribution < 1.29 is 21.7 Å². The third-order valence-corrected chi connectivity index (χ3v) is 1.85. The van der Waals surface area contributed by atoms with Crippen molar-refractivity contribution >= 4 is 67.1 Å². The minimum absolute atomic E-state index is 0. The summed E-state index contributed by atoms with van der Waals surface area (Å²) in [5.74, 6) is 0. The second-order valence-electron chi connectivity index (χ2n) is 1.53. The predicted molar refractivity (Wildman–Crippen MR) is 66.6 cm³/mol. The van der Waals surface area contributed by atoms with Crippen LogP contribution in [0.5, 0.6) is 0 Å². The van der Waals surface area contributed by atoms with Gasteiger partial charge in [0, 0.05) is 21.7 Å². The quantitative estimate of drug-likeness (QED) is 0.425. The van der Waals surface area contributed by atoms with Crippen LogP contribution in [0.4, 0.5) is 0 Å². The zero-order valence-electron chi connectivity index (χ0n) is 7.43. The van der Waals surface area contributed by atoms with Crippen LogP contribution in [0, 0.1) is 20.8 Å². The molecule has 0 bridgehead atoms. The van der Waals surface area contributed by atoms with E-state index in [2.05, 4.69) is 20.6 Å². The van der Waals surface area contributed by atoms with E-state index >= 15 is 0 Å². The van der Waals surface area contributed by atoms with Crippen molar-refractivity contribution in [2.45, 2.75) is 0 Å². The Morgan fingerprint density at radius 2 is 0.647 bits per heavy atom. The van der Waals surface area contributed by atoms with Gasteiger partial charge in [-0.1, -0.05) is 46.4 Å². The summed E-state index contributed by atoms with van der Waals surface area (Å²) >= 11 is 19.6. The summed E-state index contributed by atoms with van der Waals surface area (Å²) in [6.45, 7) is 0. The molecule has 0 fully saturated rings. The normalized spacial score (nSPS) is 13.4. The Labute approximate surface area is 130 Å². The molecule has 0 N–H and O–H groups in total. The van der Waals surface area contributed by atoms with E-state index in [-0.39, 0.29) is 21.7 Å². The summed E-state index contributed by atoms with van der Waals surface area (Å²) in [5, 5.41) is 43.5. The summed E-state index contributed by atoms with van der Waals surface area (Å²) in [4.78, 5) is 0. The number of halogens is 4. The van der Waals surface area contributed by atoms with E-state index in [1.807, 2.05) is 0 Å². The van der Waals surface area contributed by atoms with Gasteiger partial charge in [-0.3, -0.25) is 0 Å². The third kappa shape index (κ3) is 12.0. The molecular formula is C4Cl4N4O4Ti-4.